The number of fused-ring (bicyclic) bond motifs is 1. The summed E-state index contributed by atoms with van der Waals surface area (Å²) in [6, 6.07) is 10.3. The second-order valence-electron chi connectivity index (χ2n) is 5.23. The molecule has 0 saturated carbocycles. The van der Waals surface area contributed by atoms with Gasteiger partial charge in [-0.3, -0.25) is 9.69 Å². The maximum Gasteiger partial charge on any atom is 0.278 e. The van der Waals surface area contributed by atoms with Gasteiger partial charge in [-0.1, -0.05) is 24.3 Å². The number of anilines is 1. The van der Waals surface area contributed by atoms with E-state index < -0.39 is 11.6 Å². The normalized spacial score (nSPS) is 16.6. The summed E-state index contributed by atoms with van der Waals surface area (Å²) in [6.07, 6.45) is 1.66. The van der Waals surface area contributed by atoms with Crippen LogP contribution in [-0.4, -0.2) is 17.7 Å². The molecule has 1 aliphatic heterocycles. The second kappa shape index (κ2) is 5.76. The smallest absolute Gasteiger partial charge is 0.278 e. The van der Waals surface area contributed by atoms with Gasteiger partial charge < -0.3 is 0 Å². The summed E-state index contributed by atoms with van der Waals surface area (Å²) in [6.45, 7) is 5.57. The van der Waals surface area contributed by atoms with E-state index >= 15 is 0 Å². The third kappa shape index (κ3) is 2.54. The number of hydrogen-bond donors (Lipinski definition) is 0. The SMILES string of the molecule is C=CC(C)N1C(=O)C(=Nc2ccc(F)c(F)c2)c2ccccc21. The van der Waals surface area contributed by atoms with Crippen LogP contribution >= 0.6 is 0 Å². The lowest BCUT2D eigenvalue weighted by Gasteiger charge is -2.21. The van der Waals surface area contributed by atoms with Gasteiger partial charge in [-0.2, -0.15) is 0 Å². The van der Waals surface area contributed by atoms with Crippen LogP contribution in [0.2, 0.25) is 0 Å². The second-order valence-corrected chi connectivity index (χ2v) is 5.23. The molecule has 5 heteroatoms. The van der Waals surface area contributed by atoms with Gasteiger partial charge in [0.25, 0.3) is 5.91 Å². The van der Waals surface area contributed by atoms with Crippen LogP contribution in [0, 0.1) is 11.6 Å². The standard InChI is InChI=1S/C18H14F2N2O/c1-3-11(2)22-16-7-5-4-6-13(16)17(18(22)23)21-12-8-9-14(19)15(20)10-12/h3-11H,1H2,2H3. The lowest BCUT2D eigenvalue weighted by Crippen LogP contribution is -2.36. The molecule has 0 bridgehead atoms. The highest BCUT2D eigenvalue weighted by Crippen LogP contribution is 2.32. The van der Waals surface area contributed by atoms with E-state index in [0.29, 0.717) is 5.56 Å². The highest BCUT2D eigenvalue weighted by atomic mass is 19.2. The minimum Gasteiger partial charge on any atom is -0.300 e. The Morgan fingerprint density at radius 2 is 1.91 bits per heavy atom. The third-order valence-corrected chi connectivity index (χ3v) is 3.73. The number of aliphatic imine (C=N–C) groups is 1. The molecule has 1 amide bonds. The number of halogens is 2. The largest absolute Gasteiger partial charge is 0.300 e. The number of nitrogens with zero attached hydrogens (tertiary/aromatic N) is 2. The summed E-state index contributed by atoms with van der Waals surface area (Å²) in [5.41, 5.74) is 1.79. The van der Waals surface area contributed by atoms with Crippen LogP contribution in [0.4, 0.5) is 20.2 Å². The highest BCUT2D eigenvalue weighted by Gasteiger charge is 2.35. The Hall–Kier alpha value is -2.82. The maximum atomic E-state index is 13.4. The average Bonchev–Trinajstić information content (AvgIpc) is 2.83. The Labute approximate surface area is 132 Å². The maximum absolute atomic E-state index is 13.4. The molecule has 1 aliphatic rings. The summed E-state index contributed by atoms with van der Waals surface area (Å²) in [4.78, 5) is 18.5. The zero-order valence-electron chi connectivity index (χ0n) is 12.5. The molecule has 1 unspecified atom stereocenters. The number of carbonyl (C=O) groups excluding carboxylic acids is 1. The molecule has 0 saturated heterocycles. The number of amides is 1. The van der Waals surface area contributed by atoms with Crippen molar-refractivity contribution in [2.24, 2.45) is 4.99 Å². The summed E-state index contributed by atoms with van der Waals surface area (Å²) in [5, 5.41) is 0. The molecule has 3 nitrogen and oxygen atoms in total. The van der Waals surface area contributed by atoms with Crippen LogP contribution in [0.3, 0.4) is 0 Å². The van der Waals surface area contributed by atoms with E-state index in [1.165, 1.54) is 6.07 Å². The molecular formula is C18H14F2N2O. The third-order valence-electron chi connectivity index (χ3n) is 3.73. The Morgan fingerprint density at radius 1 is 1.17 bits per heavy atom. The number of rotatable bonds is 3. The van der Waals surface area contributed by atoms with E-state index in [9.17, 15) is 13.6 Å². The summed E-state index contributed by atoms with van der Waals surface area (Å²) >= 11 is 0. The fourth-order valence-corrected chi connectivity index (χ4v) is 2.52. The van der Waals surface area contributed by atoms with Crippen molar-refractivity contribution in [3.63, 3.8) is 0 Å². The Bertz CT molecular complexity index is 830. The van der Waals surface area contributed by atoms with Gasteiger partial charge in [0.1, 0.15) is 5.71 Å². The molecule has 0 aliphatic carbocycles. The highest BCUT2D eigenvalue weighted by molar-refractivity contribution is 6.54. The lowest BCUT2D eigenvalue weighted by molar-refractivity contribution is -0.112. The van der Waals surface area contributed by atoms with Crippen LogP contribution in [0.1, 0.15) is 12.5 Å². The first-order valence-corrected chi connectivity index (χ1v) is 7.12. The van der Waals surface area contributed by atoms with E-state index in [2.05, 4.69) is 11.6 Å². The van der Waals surface area contributed by atoms with Crippen molar-refractivity contribution >= 4 is 23.0 Å². The fourth-order valence-electron chi connectivity index (χ4n) is 2.52. The molecule has 2 aromatic rings. The Kier molecular flexibility index (Phi) is 3.78. The molecule has 1 atom stereocenters. The monoisotopic (exact) mass is 312 g/mol. The predicted octanol–water partition coefficient (Wildman–Crippen LogP) is 4.01. The van der Waals surface area contributed by atoms with Crippen molar-refractivity contribution in [2.45, 2.75) is 13.0 Å². The van der Waals surface area contributed by atoms with Crippen molar-refractivity contribution in [1.29, 1.82) is 0 Å². The van der Waals surface area contributed by atoms with Gasteiger partial charge in [0.05, 0.1) is 17.4 Å². The molecule has 0 N–H and O–H groups in total. The zero-order chi connectivity index (χ0) is 16.6. The Morgan fingerprint density at radius 3 is 2.61 bits per heavy atom. The topological polar surface area (TPSA) is 32.7 Å². The van der Waals surface area contributed by atoms with Gasteiger partial charge in [-0.15, -0.1) is 6.58 Å². The number of carbonyl (C=O) groups is 1. The van der Waals surface area contributed by atoms with E-state index in [-0.39, 0.29) is 23.3 Å². The van der Waals surface area contributed by atoms with E-state index in [0.717, 1.165) is 17.8 Å². The molecule has 0 spiro atoms. The van der Waals surface area contributed by atoms with Crippen molar-refractivity contribution in [3.05, 3.63) is 72.3 Å². The van der Waals surface area contributed by atoms with Crippen molar-refractivity contribution in [1.82, 2.24) is 0 Å². The molecule has 2 aromatic carbocycles. The van der Waals surface area contributed by atoms with Gasteiger partial charge in [0.15, 0.2) is 11.6 Å². The molecule has 1 heterocycles. The van der Waals surface area contributed by atoms with Gasteiger partial charge >= 0.3 is 0 Å². The number of benzene rings is 2. The fraction of sp³-hybridized carbons (Fsp3) is 0.111. The molecule has 0 radical (unpaired) electrons. The minimum atomic E-state index is -0.998. The molecule has 23 heavy (non-hydrogen) atoms. The zero-order valence-corrected chi connectivity index (χ0v) is 12.5. The number of hydrogen-bond acceptors (Lipinski definition) is 2. The minimum absolute atomic E-state index is 0.190. The van der Waals surface area contributed by atoms with Crippen LogP contribution in [0.15, 0.2) is 60.1 Å². The van der Waals surface area contributed by atoms with Crippen molar-refractivity contribution in [3.8, 4) is 0 Å². The quantitative estimate of drug-likeness (QED) is 0.788. The van der Waals surface area contributed by atoms with E-state index in [1.807, 2.05) is 19.1 Å². The molecular weight excluding hydrogens is 298 g/mol. The van der Waals surface area contributed by atoms with Crippen LogP contribution < -0.4 is 4.90 Å². The van der Waals surface area contributed by atoms with Gasteiger partial charge in [0.2, 0.25) is 0 Å². The van der Waals surface area contributed by atoms with Crippen molar-refractivity contribution < 1.29 is 13.6 Å². The average molecular weight is 312 g/mol. The Balaban J connectivity index is 2.12. The first kappa shape index (κ1) is 15.1. The van der Waals surface area contributed by atoms with E-state index in [4.69, 9.17) is 0 Å². The molecule has 0 fully saturated rings. The molecule has 0 aromatic heterocycles. The molecule has 116 valence electrons. The first-order chi connectivity index (χ1) is 11.0. The van der Waals surface area contributed by atoms with E-state index in [1.54, 1.807) is 23.1 Å². The summed E-state index contributed by atoms with van der Waals surface area (Å²) in [7, 11) is 0. The summed E-state index contributed by atoms with van der Waals surface area (Å²) in [5.74, 6) is -2.24. The number of para-hydroxylation sites is 1. The lowest BCUT2D eigenvalue weighted by atomic mass is 10.1. The van der Waals surface area contributed by atoms with Gasteiger partial charge in [0, 0.05) is 11.6 Å². The first-order valence-electron chi connectivity index (χ1n) is 7.12. The van der Waals surface area contributed by atoms with Crippen LogP contribution in [-0.2, 0) is 4.79 Å². The van der Waals surface area contributed by atoms with Gasteiger partial charge in [-0.25, -0.2) is 13.8 Å². The van der Waals surface area contributed by atoms with Gasteiger partial charge in [-0.05, 0) is 25.1 Å². The van der Waals surface area contributed by atoms with Crippen molar-refractivity contribution in [2.75, 3.05) is 4.90 Å². The van der Waals surface area contributed by atoms with Crippen LogP contribution in [0.25, 0.3) is 0 Å². The molecule has 3 rings (SSSR count). The summed E-state index contributed by atoms with van der Waals surface area (Å²) < 4.78 is 26.4. The van der Waals surface area contributed by atoms with Crippen LogP contribution in [0.5, 0.6) is 0 Å². The predicted molar refractivity (Wildman–Crippen MR) is 86.1 cm³/mol.